The second-order valence-electron chi connectivity index (χ2n) is 8.93. The van der Waals surface area contributed by atoms with Gasteiger partial charge in [0, 0.05) is 21.9 Å². The van der Waals surface area contributed by atoms with E-state index in [2.05, 4.69) is 94.4 Å². The fraction of sp³-hybridized carbons (Fsp3) is 0.214. The highest BCUT2D eigenvalue weighted by atomic mass is 79.9. The Morgan fingerprint density at radius 2 is 1.82 bits per heavy atom. The third-order valence-electron chi connectivity index (χ3n) is 6.24. The molecule has 1 fully saturated rings. The number of hydrogen-bond acceptors (Lipinski definition) is 3. The SMILES string of the molecule is Cc1ccc(-c2ccc([C@H]3[C@H](c4ccccn4)NC(=S)N3c3ccc(C(C)C)cc3)o2)c(Br)c1. The average Bonchev–Trinajstić information content (AvgIpc) is 3.44. The summed E-state index contributed by atoms with van der Waals surface area (Å²) in [7, 11) is 0. The number of halogens is 1. The maximum absolute atomic E-state index is 6.49. The van der Waals surface area contributed by atoms with Crippen molar-refractivity contribution in [3.8, 4) is 11.3 Å². The van der Waals surface area contributed by atoms with Crippen LogP contribution < -0.4 is 10.2 Å². The van der Waals surface area contributed by atoms with Crippen LogP contribution in [-0.4, -0.2) is 10.1 Å². The van der Waals surface area contributed by atoms with Crippen LogP contribution in [-0.2, 0) is 0 Å². The molecule has 2 atom stereocenters. The monoisotopic (exact) mass is 531 g/mol. The molecule has 34 heavy (non-hydrogen) atoms. The molecule has 2 aromatic carbocycles. The van der Waals surface area contributed by atoms with Crippen LogP contribution in [0.25, 0.3) is 11.3 Å². The first-order chi connectivity index (χ1) is 16.4. The van der Waals surface area contributed by atoms with Crippen LogP contribution in [0.2, 0.25) is 0 Å². The van der Waals surface area contributed by atoms with E-state index in [9.17, 15) is 0 Å². The molecule has 0 saturated carbocycles. The van der Waals surface area contributed by atoms with E-state index in [4.69, 9.17) is 16.6 Å². The number of aryl methyl sites for hydroxylation is 1. The number of aromatic nitrogens is 1. The maximum atomic E-state index is 6.49. The average molecular weight is 533 g/mol. The highest BCUT2D eigenvalue weighted by Crippen LogP contribution is 2.43. The maximum Gasteiger partial charge on any atom is 0.174 e. The van der Waals surface area contributed by atoms with Crippen molar-refractivity contribution in [3.05, 3.63) is 106 Å². The van der Waals surface area contributed by atoms with Crippen LogP contribution in [0.15, 0.2) is 87.9 Å². The van der Waals surface area contributed by atoms with Gasteiger partial charge in [-0.2, -0.15) is 0 Å². The summed E-state index contributed by atoms with van der Waals surface area (Å²) >= 11 is 9.52. The summed E-state index contributed by atoms with van der Waals surface area (Å²) in [6.45, 7) is 6.47. The Labute approximate surface area is 214 Å². The first kappa shape index (κ1) is 22.8. The van der Waals surface area contributed by atoms with Crippen molar-refractivity contribution < 1.29 is 4.42 Å². The van der Waals surface area contributed by atoms with Gasteiger partial charge in [-0.25, -0.2) is 0 Å². The lowest BCUT2D eigenvalue weighted by Crippen LogP contribution is -2.29. The summed E-state index contributed by atoms with van der Waals surface area (Å²) in [5, 5.41) is 4.16. The Morgan fingerprint density at radius 1 is 1.03 bits per heavy atom. The van der Waals surface area contributed by atoms with Crippen molar-refractivity contribution in [1.82, 2.24) is 10.3 Å². The van der Waals surface area contributed by atoms with E-state index in [1.165, 1.54) is 11.1 Å². The van der Waals surface area contributed by atoms with Crippen molar-refractivity contribution in [2.75, 3.05) is 4.90 Å². The first-order valence-corrected chi connectivity index (χ1v) is 12.6. The molecule has 0 spiro atoms. The largest absolute Gasteiger partial charge is 0.459 e. The standard InChI is InChI=1S/C28H26BrN3OS/c1-17(2)19-8-10-20(11-9-19)32-27(26(31-28(32)34)23-6-4-5-15-30-23)25-14-13-24(33-25)21-12-7-18(3)16-22(21)29/h4-17,26-27H,1-3H3,(H,31,34)/t26-,27-/m0/s1. The first-order valence-electron chi connectivity index (χ1n) is 11.4. The molecule has 172 valence electrons. The van der Waals surface area contributed by atoms with Crippen molar-refractivity contribution in [2.45, 2.75) is 38.8 Å². The summed E-state index contributed by atoms with van der Waals surface area (Å²) in [6.07, 6.45) is 1.81. The lowest BCUT2D eigenvalue weighted by atomic mass is 10.0. The smallest absolute Gasteiger partial charge is 0.174 e. The molecule has 4 aromatic rings. The van der Waals surface area contributed by atoms with Crippen LogP contribution in [0.5, 0.6) is 0 Å². The third-order valence-corrected chi connectivity index (χ3v) is 7.21. The highest BCUT2D eigenvalue weighted by Gasteiger charge is 2.42. The molecule has 1 aliphatic heterocycles. The molecule has 5 rings (SSSR count). The van der Waals surface area contributed by atoms with Gasteiger partial charge in [-0.05, 0) is 84.7 Å². The molecule has 3 heterocycles. The fourth-order valence-corrected chi connectivity index (χ4v) is 5.45. The molecular weight excluding hydrogens is 506 g/mol. The zero-order valence-electron chi connectivity index (χ0n) is 19.3. The Bertz CT molecular complexity index is 1320. The zero-order valence-corrected chi connectivity index (χ0v) is 21.7. The van der Waals surface area contributed by atoms with E-state index in [-0.39, 0.29) is 12.1 Å². The lowest BCUT2D eigenvalue weighted by Gasteiger charge is -2.26. The van der Waals surface area contributed by atoms with E-state index >= 15 is 0 Å². The van der Waals surface area contributed by atoms with E-state index < -0.39 is 0 Å². The van der Waals surface area contributed by atoms with Crippen LogP contribution in [0.1, 0.15) is 54.4 Å². The van der Waals surface area contributed by atoms with Gasteiger partial charge in [0.25, 0.3) is 0 Å². The van der Waals surface area contributed by atoms with Gasteiger partial charge in [0.15, 0.2) is 5.11 Å². The second-order valence-corrected chi connectivity index (χ2v) is 10.2. The normalized spacial score (nSPS) is 17.9. The van der Waals surface area contributed by atoms with Gasteiger partial charge in [-0.1, -0.05) is 54.0 Å². The van der Waals surface area contributed by atoms with Crippen molar-refractivity contribution >= 4 is 38.9 Å². The summed E-state index contributed by atoms with van der Waals surface area (Å²) < 4.78 is 7.50. The van der Waals surface area contributed by atoms with Gasteiger partial charge in [-0.3, -0.25) is 4.98 Å². The molecule has 1 N–H and O–H groups in total. The minimum Gasteiger partial charge on any atom is -0.459 e. The molecule has 2 aromatic heterocycles. The van der Waals surface area contributed by atoms with E-state index in [0.29, 0.717) is 11.0 Å². The van der Waals surface area contributed by atoms with Gasteiger partial charge in [0.05, 0.1) is 11.7 Å². The van der Waals surface area contributed by atoms with Gasteiger partial charge < -0.3 is 14.6 Å². The number of nitrogens with one attached hydrogen (secondary N) is 1. The van der Waals surface area contributed by atoms with Crippen LogP contribution in [0, 0.1) is 6.92 Å². The highest BCUT2D eigenvalue weighted by molar-refractivity contribution is 9.10. The van der Waals surface area contributed by atoms with E-state index in [1.807, 2.05) is 36.5 Å². The van der Waals surface area contributed by atoms with Crippen LogP contribution in [0.3, 0.4) is 0 Å². The molecule has 1 saturated heterocycles. The topological polar surface area (TPSA) is 41.3 Å². The van der Waals surface area contributed by atoms with Gasteiger partial charge in [0.1, 0.15) is 17.6 Å². The molecule has 0 aliphatic carbocycles. The predicted octanol–water partition coefficient (Wildman–Crippen LogP) is 7.71. The summed E-state index contributed by atoms with van der Waals surface area (Å²) in [5.74, 6) is 2.11. The minimum absolute atomic E-state index is 0.140. The molecule has 0 bridgehead atoms. The zero-order chi connectivity index (χ0) is 23.8. The van der Waals surface area contributed by atoms with Gasteiger partial charge >= 0.3 is 0 Å². The second kappa shape index (κ2) is 9.35. The number of anilines is 1. The van der Waals surface area contributed by atoms with Crippen molar-refractivity contribution in [1.29, 1.82) is 0 Å². The molecular formula is C28H26BrN3OS. The molecule has 0 radical (unpaired) electrons. The Hall–Kier alpha value is -2.96. The molecule has 6 heteroatoms. The minimum atomic E-state index is -0.176. The quantitative estimate of drug-likeness (QED) is 0.267. The number of rotatable bonds is 5. The lowest BCUT2D eigenvalue weighted by molar-refractivity contribution is 0.439. The fourth-order valence-electron chi connectivity index (χ4n) is 4.42. The van der Waals surface area contributed by atoms with Crippen molar-refractivity contribution in [2.24, 2.45) is 0 Å². The van der Waals surface area contributed by atoms with Crippen LogP contribution >= 0.6 is 28.1 Å². The number of pyridine rings is 1. The number of hydrogen-bond donors (Lipinski definition) is 1. The number of furan rings is 1. The summed E-state index contributed by atoms with van der Waals surface area (Å²) in [6, 6.07) is 24.6. The van der Waals surface area contributed by atoms with Gasteiger partial charge in [0.2, 0.25) is 0 Å². The summed E-state index contributed by atoms with van der Waals surface area (Å²) in [5.41, 5.74) is 5.46. The molecule has 0 amide bonds. The Balaban J connectivity index is 1.58. The number of thiocarbonyl (C=S) groups is 1. The Kier molecular flexibility index (Phi) is 6.28. The molecule has 4 nitrogen and oxygen atoms in total. The molecule has 0 unspecified atom stereocenters. The Morgan fingerprint density at radius 3 is 2.50 bits per heavy atom. The predicted molar refractivity (Wildman–Crippen MR) is 145 cm³/mol. The van der Waals surface area contributed by atoms with E-state index in [1.54, 1.807) is 0 Å². The van der Waals surface area contributed by atoms with Crippen LogP contribution in [0.4, 0.5) is 5.69 Å². The van der Waals surface area contributed by atoms with Crippen molar-refractivity contribution in [3.63, 3.8) is 0 Å². The van der Waals surface area contributed by atoms with Gasteiger partial charge in [-0.15, -0.1) is 0 Å². The number of benzene rings is 2. The van der Waals surface area contributed by atoms with E-state index in [0.717, 1.165) is 32.9 Å². The third kappa shape index (κ3) is 4.28. The number of nitrogens with zero attached hydrogens (tertiary/aromatic N) is 2. The summed E-state index contributed by atoms with van der Waals surface area (Å²) in [4.78, 5) is 6.77. The molecule has 1 aliphatic rings.